The highest BCUT2D eigenvalue weighted by Gasteiger charge is 2.26. The monoisotopic (exact) mass is 516 g/mol. The molecule has 38 heavy (non-hydrogen) atoms. The number of amides is 2. The lowest BCUT2D eigenvalue weighted by atomic mass is 9.83. The number of benzene rings is 2. The summed E-state index contributed by atoms with van der Waals surface area (Å²) in [4.78, 5) is 30.9. The van der Waals surface area contributed by atoms with Crippen molar-refractivity contribution < 1.29 is 14.0 Å². The molecule has 2 amide bonds. The van der Waals surface area contributed by atoms with Crippen molar-refractivity contribution in [3.05, 3.63) is 72.2 Å². The van der Waals surface area contributed by atoms with Crippen LogP contribution < -0.4 is 11.1 Å². The van der Waals surface area contributed by atoms with E-state index >= 15 is 0 Å². The molecule has 3 N–H and O–H groups in total. The van der Waals surface area contributed by atoms with Gasteiger partial charge in [-0.2, -0.15) is 0 Å². The fourth-order valence-corrected chi connectivity index (χ4v) is 5.19. The number of nitrogens with one attached hydrogen (secondary N) is 1. The number of aromatic nitrogens is 1. The van der Waals surface area contributed by atoms with Crippen molar-refractivity contribution in [2.45, 2.75) is 64.5 Å². The molecule has 3 aromatic rings. The molecule has 0 aliphatic heterocycles. The predicted molar refractivity (Wildman–Crippen MR) is 150 cm³/mol. The molecule has 0 saturated heterocycles. The van der Waals surface area contributed by atoms with Crippen molar-refractivity contribution in [2.24, 2.45) is 11.7 Å². The molecule has 0 bridgehead atoms. The summed E-state index contributed by atoms with van der Waals surface area (Å²) in [5, 5.41) is 2.93. The number of hydrogen-bond acceptors (Lipinski definition) is 4. The highest BCUT2D eigenvalue weighted by molar-refractivity contribution is 5.92. The van der Waals surface area contributed by atoms with Crippen LogP contribution in [0.2, 0.25) is 0 Å². The lowest BCUT2D eigenvalue weighted by Crippen LogP contribution is -2.38. The normalized spacial score (nSPS) is 17.6. The van der Waals surface area contributed by atoms with Crippen molar-refractivity contribution in [1.29, 1.82) is 0 Å². The molecule has 7 heteroatoms. The number of nitrogens with two attached hydrogens (primary N) is 1. The summed E-state index contributed by atoms with van der Waals surface area (Å²) < 4.78 is 14.9. The Labute approximate surface area is 224 Å². The first-order valence-corrected chi connectivity index (χ1v) is 13.2. The fourth-order valence-electron chi connectivity index (χ4n) is 5.19. The number of halogens is 1. The van der Waals surface area contributed by atoms with Crippen molar-refractivity contribution in [2.75, 3.05) is 12.4 Å². The van der Waals surface area contributed by atoms with E-state index in [2.05, 4.69) is 10.3 Å². The van der Waals surface area contributed by atoms with Gasteiger partial charge < -0.3 is 16.0 Å². The number of pyridine rings is 1. The maximum Gasteiger partial charge on any atom is 0.225 e. The number of anilines is 1. The number of carbonyl (C=O) groups is 2. The molecule has 0 unspecified atom stereocenters. The van der Waals surface area contributed by atoms with Crippen molar-refractivity contribution in [3.8, 4) is 22.3 Å². The average molecular weight is 517 g/mol. The second-order valence-electron chi connectivity index (χ2n) is 11.0. The highest BCUT2D eigenvalue weighted by Crippen LogP contribution is 2.36. The van der Waals surface area contributed by atoms with Gasteiger partial charge in [-0.15, -0.1) is 0 Å². The Kier molecular flexibility index (Phi) is 8.26. The van der Waals surface area contributed by atoms with Crippen LogP contribution in [0.25, 0.3) is 22.3 Å². The molecule has 2 aromatic carbocycles. The van der Waals surface area contributed by atoms with E-state index < -0.39 is 5.54 Å². The molecule has 0 spiro atoms. The van der Waals surface area contributed by atoms with Crippen molar-refractivity contribution in [1.82, 2.24) is 9.88 Å². The first-order valence-electron chi connectivity index (χ1n) is 13.2. The Morgan fingerprint density at radius 3 is 2.29 bits per heavy atom. The van der Waals surface area contributed by atoms with Gasteiger partial charge in [0.1, 0.15) is 11.6 Å². The molecule has 0 radical (unpaired) electrons. The lowest BCUT2D eigenvalue weighted by Gasteiger charge is -2.34. The smallest absolute Gasteiger partial charge is 0.225 e. The lowest BCUT2D eigenvalue weighted by molar-refractivity contribution is -0.130. The molecule has 1 aliphatic carbocycles. The first kappa shape index (κ1) is 27.5. The third-order valence-electron chi connectivity index (χ3n) is 7.61. The van der Waals surface area contributed by atoms with E-state index in [0.717, 1.165) is 42.4 Å². The number of rotatable bonds is 7. The van der Waals surface area contributed by atoms with E-state index in [-0.39, 0.29) is 29.6 Å². The largest absolute Gasteiger partial charge is 0.343 e. The summed E-state index contributed by atoms with van der Waals surface area (Å²) in [7, 11) is 1.84. The van der Waals surface area contributed by atoms with Crippen LogP contribution in [-0.4, -0.2) is 34.8 Å². The highest BCUT2D eigenvalue weighted by atomic mass is 19.1. The maximum atomic E-state index is 14.9. The first-order chi connectivity index (χ1) is 18.0. The second kappa shape index (κ2) is 11.4. The van der Waals surface area contributed by atoms with Gasteiger partial charge in [0.15, 0.2) is 0 Å². The Bertz CT molecular complexity index is 1290. The minimum atomic E-state index is -0.470. The Morgan fingerprint density at radius 1 is 1.03 bits per heavy atom. The van der Waals surface area contributed by atoms with E-state index in [4.69, 9.17) is 5.73 Å². The minimum Gasteiger partial charge on any atom is -0.343 e. The van der Waals surface area contributed by atoms with Gasteiger partial charge in [-0.3, -0.25) is 9.59 Å². The summed E-state index contributed by atoms with van der Waals surface area (Å²) in [5.41, 5.74) is 9.50. The van der Waals surface area contributed by atoms with Crippen molar-refractivity contribution >= 4 is 17.6 Å². The van der Waals surface area contributed by atoms with E-state index in [1.54, 1.807) is 42.3 Å². The number of carbonyl (C=O) groups excluding carboxylic acids is 2. The predicted octanol–water partition coefficient (Wildman–Crippen LogP) is 6.11. The summed E-state index contributed by atoms with van der Waals surface area (Å²) in [6.07, 6.45) is 5.68. The third kappa shape index (κ3) is 6.45. The fraction of sp³-hybridized carbons (Fsp3) is 0.387. The minimum absolute atomic E-state index is 0.0746. The van der Waals surface area contributed by atoms with Crippen LogP contribution in [-0.2, 0) is 15.1 Å². The Balaban J connectivity index is 1.53. The van der Waals surface area contributed by atoms with Gasteiger partial charge in [0.2, 0.25) is 11.8 Å². The SMILES string of the molecule is CC(=O)N(C)[C@H]1CC[C@H](CC(=O)Nc2cc(-c3ccccc3F)c(-c3ccc(C(C)(C)N)cc3)cn2)CC1. The zero-order valence-electron chi connectivity index (χ0n) is 22.6. The quantitative estimate of drug-likeness (QED) is 0.396. The van der Waals surface area contributed by atoms with Gasteiger partial charge in [0.05, 0.1) is 0 Å². The molecule has 4 rings (SSSR count). The Morgan fingerprint density at radius 2 is 1.68 bits per heavy atom. The Hall–Kier alpha value is -3.58. The van der Waals surface area contributed by atoms with E-state index in [1.165, 1.54) is 6.07 Å². The summed E-state index contributed by atoms with van der Waals surface area (Å²) >= 11 is 0. The third-order valence-corrected chi connectivity index (χ3v) is 7.61. The van der Waals surface area contributed by atoms with Crippen LogP contribution in [0, 0.1) is 11.7 Å². The van der Waals surface area contributed by atoms with Gasteiger partial charge in [-0.05, 0) is 74.3 Å². The second-order valence-corrected chi connectivity index (χ2v) is 11.0. The van der Waals surface area contributed by atoms with Crippen LogP contribution in [0.5, 0.6) is 0 Å². The molecular formula is C31H37FN4O2. The van der Waals surface area contributed by atoms with Gasteiger partial charge in [-0.1, -0.05) is 42.5 Å². The van der Waals surface area contributed by atoms with Crippen LogP contribution in [0.4, 0.5) is 10.2 Å². The topological polar surface area (TPSA) is 88.3 Å². The molecule has 200 valence electrons. The molecule has 1 aromatic heterocycles. The number of nitrogens with zero attached hydrogens (tertiary/aromatic N) is 2. The van der Waals surface area contributed by atoms with Crippen LogP contribution in [0.1, 0.15) is 58.4 Å². The molecule has 1 heterocycles. The summed E-state index contributed by atoms with van der Waals surface area (Å²) in [6.45, 7) is 5.48. The molecule has 1 fully saturated rings. The van der Waals surface area contributed by atoms with Crippen LogP contribution in [0.15, 0.2) is 60.8 Å². The van der Waals surface area contributed by atoms with Gasteiger partial charge >= 0.3 is 0 Å². The molecule has 6 nitrogen and oxygen atoms in total. The van der Waals surface area contributed by atoms with Gasteiger partial charge in [0.25, 0.3) is 0 Å². The standard InChI is InChI=1S/C31H37FN4O2/c1-20(37)36(4)24-15-9-21(10-16-24)17-30(38)35-29-18-26(25-7-5-6-8-28(25)32)27(19-34-29)22-11-13-23(14-12-22)31(2,3)33/h5-8,11-14,18-19,21,24H,9-10,15-17,33H2,1-4H3,(H,34,35,38)/t21-,24-. The zero-order valence-corrected chi connectivity index (χ0v) is 22.6. The van der Waals surface area contributed by atoms with Gasteiger partial charge in [0, 0.05) is 49.3 Å². The number of hydrogen-bond donors (Lipinski definition) is 2. The maximum absolute atomic E-state index is 14.9. The molecule has 0 atom stereocenters. The molecule has 1 saturated carbocycles. The molecular weight excluding hydrogens is 479 g/mol. The zero-order chi connectivity index (χ0) is 27.4. The summed E-state index contributed by atoms with van der Waals surface area (Å²) in [6, 6.07) is 16.5. The average Bonchev–Trinajstić information content (AvgIpc) is 2.88. The van der Waals surface area contributed by atoms with Crippen LogP contribution >= 0.6 is 0 Å². The van der Waals surface area contributed by atoms with Gasteiger partial charge in [-0.25, -0.2) is 9.37 Å². The summed E-state index contributed by atoms with van der Waals surface area (Å²) in [5.74, 6) is 0.279. The van der Waals surface area contributed by atoms with E-state index in [1.807, 2.05) is 45.2 Å². The molecule has 1 aliphatic rings. The van der Waals surface area contributed by atoms with Crippen molar-refractivity contribution in [3.63, 3.8) is 0 Å². The van der Waals surface area contributed by atoms with E-state index in [9.17, 15) is 14.0 Å². The van der Waals surface area contributed by atoms with E-state index in [0.29, 0.717) is 23.4 Å². The van der Waals surface area contributed by atoms with Crippen LogP contribution in [0.3, 0.4) is 0 Å².